The first kappa shape index (κ1) is 8.59. The molecule has 0 saturated heterocycles. The van der Waals surface area contributed by atoms with Gasteiger partial charge >= 0.3 is 0 Å². The number of hydrogen-bond donors (Lipinski definition) is 0. The summed E-state index contributed by atoms with van der Waals surface area (Å²) in [7, 11) is 0. The van der Waals surface area contributed by atoms with Crippen LogP contribution in [0.3, 0.4) is 0 Å². The second-order valence-electron chi connectivity index (χ2n) is 2.44. The van der Waals surface area contributed by atoms with Crippen LogP contribution in [0.15, 0.2) is 12.1 Å². The second kappa shape index (κ2) is 3.26. The standard InChI is InChI=1S/C9H7FO2/c1-6-7(4-11)2-9(10)3-8(6)5-12/h2-5H,1H3. The summed E-state index contributed by atoms with van der Waals surface area (Å²) in [5.74, 6) is -0.565. The maximum atomic E-state index is 12.7. The van der Waals surface area contributed by atoms with Crippen molar-refractivity contribution in [3.05, 3.63) is 34.6 Å². The van der Waals surface area contributed by atoms with E-state index in [9.17, 15) is 14.0 Å². The Morgan fingerprint density at radius 2 is 1.58 bits per heavy atom. The molecular formula is C9H7FO2. The third-order valence-corrected chi connectivity index (χ3v) is 1.71. The van der Waals surface area contributed by atoms with E-state index in [4.69, 9.17) is 0 Å². The molecule has 0 spiro atoms. The van der Waals surface area contributed by atoms with E-state index in [0.717, 1.165) is 12.1 Å². The smallest absolute Gasteiger partial charge is 0.150 e. The van der Waals surface area contributed by atoms with Crippen LogP contribution in [0.1, 0.15) is 26.3 Å². The van der Waals surface area contributed by atoms with Gasteiger partial charge in [-0.3, -0.25) is 9.59 Å². The zero-order chi connectivity index (χ0) is 9.14. The van der Waals surface area contributed by atoms with Crippen molar-refractivity contribution >= 4 is 12.6 Å². The molecule has 0 amide bonds. The van der Waals surface area contributed by atoms with Gasteiger partial charge in [0.2, 0.25) is 0 Å². The minimum absolute atomic E-state index is 0.220. The quantitative estimate of drug-likeness (QED) is 0.627. The molecule has 12 heavy (non-hydrogen) atoms. The highest BCUT2D eigenvalue weighted by molar-refractivity contribution is 5.85. The molecule has 0 atom stereocenters. The number of benzene rings is 1. The van der Waals surface area contributed by atoms with E-state index in [1.807, 2.05) is 0 Å². The first-order valence-corrected chi connectivity index (χ1v) is 3.39. The molecule has 0 heterocycles. The molecule has 0 aliphatic carbocycles. The predicted molar refractivity (Wildman–Crippen MR) is 41.9 cm³/mol. The molecular weight excluding hydrogens is 159 g/mol. The van der Waals surface area contributed by atoms with Crippen molar-refractivity contribution in [3.63, 3.8) is 0 Å². The lowest BCUT2D eigenvalue weighted by Crippen LogP contribution is -1.95. The maximum absolute atomic E-state index is 12.7. The van der Waals surface area contributed by atoms with E-state index in [-0.39, 0.29) is 11.1 Å². The van der Waals surface area contributed by atoms with Crippen molar-refractivity contribution in [2.45, 2.75) is 6.92 Å². The van der Waals surface area contributed by atoms with E-state index in [2.05, 4.69) is 0 Å². The Hall–Kier alpha value is -1.51. The number of carbonyl (C=O) groups excluding carboxylic acids is 2. The lowest BCUT2D eigenvalue weighted by molar-refractivity contribution is 0.112. The summed E-state index contributed by atoms with van der Waals surface area (Å²) in [6, 6.07) is 2.21. The van der Waals surface area contributed by atoms with Gasteiger partial charge in [-0.25, -0.2) is 4.39 Å². The predicted octanol–water partition coefficient (Wildman–Crippen LogP) is 1.76. The number of halogens is 1. The van der Waals surface area contributed by atoms with Crippen molar-refractivity contribution in [1.82, 2.24) is 0 Å². The van der Waals surface area contributed by atoms with Gasteiger partial charge in [0.05, 0.1) is 0 Å². The van der Waals surface area contributed by atoms with E-state index in [1.165, 1.54) is 0 Å². The zero-order valence-corrected chi connectivity index (χ0v) is 6.50. The van der Waals surface area contributed by atoms with E-state index < -0.39 is 5.82 Å². The monoisotopic (exact) mass is 166 g/mol. The molecule has 0 fully saturated rings. The molecule has 1 aromatic rings. The van der Waals surface area contributed by atoms with Crippen LogP contribution in [-0.4, -0.2) is 12.6 Å². The molecule has 0 saturated carbocycles. The van der Waals surface area contributed by atoms with Crippen LogP contribution >= 0.6 is 0 Å². The third-order valence-electron chi connectivity index (χ3n) is 1.71. The van der Waals surface area contributed by atoms with Gasteiger partial charge in [0.15, 0.2) is 0 Å². The Kier molecular flexibility index (Phi) is 2.33. The van der Waals surface area contributed by atoms with Crippen molar-refractivity contribution in [2.75, 3.05) is 0 Å². The Balaban J connectivity index is 3.41. The van der Waals surface area contributed by atoms with Gasteiger partial charge in [0, 0.05) is 11.1 Å². The lowest BCUT2D eigenvalue weighted by atomic mass is 10.0. The fourth-order valence-electron chi connectivity index (χ4n) is 0.967. The molecule has 0 aromatic heterocycles. The number of hydrogen-bond acceptors (Lipinski definition) is 2. The number of carbonyl (C=O) groups is 2. The summed E-state index contributed by atoms with van der Waals surface area (Å²) in [4.78, 5) is 20.7. The van der Waals surface area contributed by atoms with Crippen molar-refractivity contribution in [2.24, 2.45) is 0 Å². The fourth-order valence-corrected chi connectivity index (χ4v) is 0.967. The second-order valence-corrected chi connectivity index (χ2v) is 2.44. The molecule has 62 valence electrons. The Morgan fingerprint density at radius 1 is 1.17 bits per heavy atom. The maximum Gasteiger partial charge on any atom is 0.150 e. The Bertz CT molecular complexity index is 302. The summed E-state index contributed by atoms with van der Waals surface area (Å²) in [6.45, 7) is 1.60. The first-order valence-electron chi connectivity index (χ1n) is 3.39. The average Bonchev–Trinajstić information content (AvgIpc) is 2.08. The van der Waals surface area contributed by atoms with Crippen LogP contribution < -0.4 is 0 Å². The Morgan fingerprint density at radius 3 is 1.92 bits per heavy atom. The minimum Gasteiger partial charge on any atom is -0.298 e. The SMILES string of the molecule is Cc1c(C=O)cc(F)cc1C=O. The highest BCUT2D eigenvalue weighted by Gasteiger charge is 2.05. The van der Waals surface area contributed by atoms with Crippen LogP contribution in [0.5, 0.6) is 0 Å². The zero-order valence-electron chi connectivity index (χ0n) is 6.50. The van der Waals surface area contributed by atoms with Crippen molar-refractivity contribution < 1.29 is 14.0 Å². The van der Waals surface area contributed by atoms with Crippen molar-refractivity contribution in [3.8, 4) is 0 Å². The molecule has 3 heteroatoms. The van der Waals surface area contributed by atoms with Crippen LogP contribution in [-0.2, 0) is 0 Å². The molecule has 0 N–H and O–H groups in total. The number of aldehydes is 2. The number of rotatable bonds is 2. The van der Waals surface area contributed by atoms with Gasteiger partial charge in [0.1, 0.15) is 18.4 Å². The minimum atomic E-state index is -0.565. The van der Waals surface area contributed by atoms with Crippen molar-refractivity contribution in [1.29, 1.82) is 0 Å². The van der Waals surface area contributed by atoms with Crippen LogP contribution in [0.4, 0.5) is 4.39 Å². The molecule has 0 aliphatic rings. The summed E-state index contributed by atoms with van der Waals surface area (Å²) in [6.07, 6.45) is 1.07. The van der Waals surface area contributed by atoms with E-state index >= 15 is 0 Å². The summed E-state index contributed by atoms with van der Waals surface area (Å²) >= 11 is 0. The van der Waals surface area contributed by atoms with Gasteiger partial charge in [0.25, 0.3) is 0 Å². The summed E-state index contributed by atoms with van der Waals surface area (Å²) < 4.78 is 12.7. The summed E-state index contributed by atoms with van der Waals surface area (Å²) in [5, 5.41) is 0. The van der Waals surface area contributed by atoms with Gasteiger partial charge in [-0.15, -0.1) is 0 Å². The Labute approximate surface area is 69.0 Å². The van der Waals surface area contributed by atoms with E-state index in [1.54, 1.807) is 6.92 Å². The highest BCUT2D eigenvalue weighted by atomic mass is 19.1. The third kappa shape index (κ3) is 1.39. The van der Waals surface area contributed by atoms with Gasteiger partial charge < -0.3 is 0 Å². The van der Waals surface area contributed by atoms with Crippen LogP contribution in [0.2, 0.25) is 0 Å². The highest BCUT2D eigenvalue weighted by Crippen LogP contribution is 2.12. The molecule has 0 unspecified atom stereocenters. The molecule has 0 radical (unpaired) electrons. The van der Waals surface area contributed by atoms with Crippen LogP contribution in [0.25, 0.3) is 0 Å². The first-order chi connectivity index (χ1) is 5.69. The van der Waals surface area contributed by atoms with Crippen LogP contribution in [0, 0.1) is 12.7 Å². The lowest BCUT2D eigenvalue weighted by Gasteiger charge is -2.01. The topological polar surface area (TPSA) is 34.1 Å². The average molecular weight is 166 g/mol. The molecule has 0 aliphatic heterocycles. The molecule has 1 aromatic carbocycles. The van der Waals surface area contributed by atoms with E-state index in [0.29, 0.717) is 18.1 Å². The summed E-state index contributed by atoms with van der Waals surface area (Å²) in [5.41, 5.74) is 0.954. The largest absolute Gasteiger partial charge is 0.298 e. The normalized spacial score (nSPS) is 9.50. The van der Waals surface area contributed by atoms with Gasteiger partial charge in [-0.05, 0) is 24.6 Å². The molecule has 1 rings (SSSR count). The van der Waals surface area contributed by atoms with Gasteiger partial charge in [-0.2, -0.15) is 0 Å². The fraction of sp³-hybridized carbons (Fsp3) is 0.111. The molecule has 0 bridgehead atoms. The molecule has 2 nitrogen and oxygen atoms in total. The van der Waals surface area contributed by atoms with Gasteiger partial charge in [-0.1, -0.05) is 0 Å².